The fourth-order valence-corrected chi connectivity index (χ4v) is 3.54. The summed E-state index contributed by atoms with van der Waals surface area (Å²) in [6.45, 7) is 3.66. The molecule has 1 saturated heterocycles. The Labute approximate surface area is 162 Å². The van der Waals surface area contributed by atoms with Gasteiger partial charge in [-0.05, 0) is 57.4 Å². The second-order valence-corrected chi connectivity index (χ2v) is 6.97. The van der Waals surface area contributed by atoms with Gasteiger partial charge >= 0.3 is 5.97 Å². The number of hydrogen-bond acceptors (Lipinski definition) is 6. The first-order chi connectivity index (χ1) is 13.4. The molecule has 0 aliphatic carbocycles. The summed E-state index contributed by atoms with van der Waals surface area (Å²) in [6, 6.07) is 9.08. The Morgan fingerprint density at radius 1 is 1.14 bits per heavy atom. The van der Waals surface area contributed by atoms with E-state index in [0.717, 1.165) is 19.3 Å². The van der Waals surface area contributed by atoms with E-state index < -0.39 is 10.9 Å². The molecule has 1 aromatic carbocycles. The Bertz CT molecular complexity index is 863. The van der Waals surface area contributed by atoms with Crippen molar-refractivity contribution in [2.75, 3.05) is 6.61 Å². The van der Waals surface area contributed by atoms with Crippen LogP contribution in [0, 0.1) is 10.1 Å². The molecule has 0 saturated carbocycles. The number of piperidine rings is 1. The normalized spacial score (nSPS) is 19.3. The Morgan fingerprint density at radius 3 is 2.39 bits per heavy atom. The lowest BCUT2D eigenvalue weighted by atomic mass is 9.97. The number of ether oxygens (including phenoxy) is 1. The monoisotopic (exact) mass is 386 g/mol. The third-order valence-corrected chi connectivity index (χ3v) is 4.98. The van der Waals surface area contributed by atoms with Gasteiger partial charge in [0.15, 0.2) is 6.61 Å². The number of hydrogen-bond donors (Lipinski definition) is 0. The van der Waals surface area contributed by atoms with Crippen LogP contribution < -0.4 is 0 Å². The van der Waals surface area contributed by atoms with Crippen LogP contribution in [0.3, 0.4) is 0 Å². The van der Waals surface area contributed by atoms with Gasteiger partial charge in [0.2, 0.25) is 5.76 Å². The molecule has 2 aromatic rings. The van der Waals surface area contributed by atoms with E-state index in [-0.39, 0.29) is 36.0 Å². The molecule has 8 nitrogen and oxygen atoms in total. The smallest absolute Gasteiger partial charge is 0.374 e. The summed E-state index contributed by atoms with van der Waals surface area (Å²) < 4.78 is 10.6. The van der Waals surface area contributed by atoms with Gasteiger partial charge in [-0.3, -0.25) is 14.9 Å². The standard InChI is InChI=1S/C20H22N2O6/c1-13-4-3-5-14(2)21(13)19(23)12-27-20(24)18-11-10-17(28-18)15-6-8-16(9-7-15)22(25)26/h6-11,13-14H,3-5,12H2,1-2H3/t13-,14-/m0/s1. The summed E-state index contributed by atoms with van der Waals surface area (Å²) in [7, 11) is 0. The van der Waals surface area contributed by atoms with Crippen LogP contribution in [0.15, 0.2) is 40.8 Å². The van der Waals surface area contributed by atoms with Crippen molar-refractivity contribution < 1.29 is 23.7 Å². The molecule has 1 aliphatic heterocycles. The lowest BCUT2D eigenvalue weighted by Crippen LogP contribution is -2.49. The molecule has 0 N–H and O–H groups in total. The van der Waals surface area contributed by atoms with Crippen LogP contribution in [0.5, 0.6) is 0 Å². The first-order valence-corrected chi connectivity index (χ1v) is 9.19. The molecule has 1 amide bonds. The Morgan fingerprint density at radius 2 is 1.79 bits per heavy atom. The number of nitro benzene ring substituents is 1. The maximum absolute atomic E-state index is 12.4. The Balaban J connectivity index is 1.61. The maximum Gasteiger partial charge on any atom is 0.374 e. The Hall–Kier alpha value is -3.16. The molecule has 2 atom stereocenters. The quantitative estimate of drug-likeness (QED) is 0.440. The van der Waals surface area contributed by atoms with Crippen LogP contribution in [0.2, 0.25) is 0 Å². The second kappa shape index (κ2) is 8.24. The summed E-state index contributed by atoms with van der Waals surface area (Å²) in [5.41, 5.74) is 0.561. The lowest BCUT2D eigenvalue weighted by Gasteiger charge is -2.38. The molecular weight excluding hydrogens is 364 g/mol. The summed E-state index contributed by atoms with van der Waals surface area (Å²) in [5.74, 6) is -0.582. The highest BCUT2D eigenvalue weighted by molar-refractivity contribution is 5.89. The number of non-ortho nitro benzene ring substituents is 1. The average Bonchev–Trinajstić information content (AvgIpc) is 3.16. The van der Waals surface area contributed by atoms with Crippen LogP contribution in [0.4, 0.5) is 5.69 Å². The number of amides is 1. The van der Waals surface area contributed by atoms with Crippen molar-refractivity contribution in [3.8, 4) is 11.3 Å². The number of carbonyl (C=O) groups excluding carboxylic acids is 2. The van der Waals surface area contributed by atoms with Gasteiger partial charge in [-0.25, -0.2) is 4.79 Å². The van der Waals surface area contributed by atoms with E-state index in [2.05, 4.69) is 0 Å². The van der Waals surface area contributed by atoms with Crippen molar-refractivity contribution in [1.29, 1.82) is 0 Å². The van der Waals surface area contributed by atoms with Gasteiger partial charge in [-0.2, -0.15) is 0 Å². The van der Waals surface area contributed by atoms with E-state index in [1.807, 2.05) is 13.8 Å². The minimum Gasteiger partial charge on any atom is -0.450 e. The minimum atomic E-state index is -0.723. The highest BCUT2D eigenvalue weighted by Gasteiger charge is 2.29. The van der Waals surface area contributed by atoms with E-state index >= 15 is 0 Å². The molecule has 8 heteroatoms. The molecule has 1 aliphatic rings. The molecule has 0 spiro atoms. The van der Waals surface area contributed by atoms with Gasteiger partial charge in [0.25, 0.3) is 11.6 Å². The summed E-state index contributed by atoms with van der Waals surface area (Å²) in [5, 5.41) is 10.7. The zero-order valence-corrected chi connectivity index (χ0v) is 15.8. The average molecular weight is 386 g/mol. The summed E-state index contributed by atoms with van der Waals surface area (Å²) in [6.07, 6.45) is 2.98. The molecule has 0 unspecified atom stereocenters. The van der Waals surface area contributed by atoms with Gasteiger partial charge in [-0.1, -0.05) is 0 Å². The van der Waals surface area contributed by atoms with Crippen molar-refractivity contribution in [3.63, 3.8) is 0 Å². The van der Waals surface area contributed by atoms with Gasteiger partial charge in [0.1, 0.15) is 5.76 Å². The van der Waals surface area contributed by atoms with E-state index in [4.69, 9.17) is 9.15 Å². The summed E-state index contributed by atoms with van der Waals surface area (Å²) >= 11 is 0. The van der Waals surface area contributed by atoms with Crippen LogP contribution in [-0.2, 0) is 9.53 Å². The number of furan rings is 1. The third kappa shape index (κ3) is 4.21. The molecule has 1 aromatic heterocycles. The third-order valence-electron chi connectivity index (χ3n) is 4.98. The number of nitrogens with zero attached hydrogens (tertiary/aromatic N) is 2. The number of nitro groups is 1. The Kier molecular flexibility index (Phi) is 5.77. The van der Waals surface area contributed by atoms with Crippen LogP contribution in [-0.4, -0.2) is 40.4 Å². The SMILES string of the molecule is C[C@H]1CCC[C@H](C)N1C(=O)COC(=O)c1ccc(-c2ccc([N+](=O)[O-])cc2)o1. The van der Waals surface area contributed by atoms with Gasteiger partial charge < -0.3 is 14.1 Å². The molecule has 28 heavy (non-hydrogen) atoms. The first kappa shape index (κ1) is 19.6. The number of benzene rings is 1. The predicted octanol–water partition coefficient (Wildman–Crippen LogP) is 3.80. The fourth-order valence-electron chi connectivity index (χ4n) is 3.54. The van der Waals surface area contributed by atoms with Crippen molar-refractivity contribution in [1.82, 2.24) is 4.90 Å². The van der Waals surface area contributed by atoms with Crippen molar-refractivity contribution in [3.05, 3.63) is 52.3 Å². The van der Waals surface area contributed by atoms with Crippen LogP contribution in [0.25, 0.3) is 11.3 Å². The van der Waals surface area contributed by atoms with E-state index in [9.17, 15) is 19.7 Å². The topological polar surface area (TPSA) is 103 Å². The predicted molar refractivity (Wildman–Crippen MR) is 101 cm³/mol. The van der Waals surface area contributed by atoms with Crippen LogP contribution in [0.1, 0.15) is 43.7 Å². The molecule has 148 valence electrons. The highest BCUT2D eigenvalue weighted by atomic mass is 16.6. The fraction of sp³-hybridized carbons (Fsp3) is 0.400. The maximum atomic E-state index is 12.4. The van der Waals surface area contributed by atoms with E-state index in [1.54, 1.807) is 11.0 Å². The van der Waals surface area contributed by atoms with Gasteiger partial charge in [-0.15, -0.1) is 0 Å². The largest absolute Gasteiger partial charge is 0.450 e. The van der Waals surface area contributed by atoms with Crippen molar-refractivity contribution in [2.45, 2.75) is 45.2 Å². The zero-order valence-electron chi connectivity index (χ0n) is 15.8. The van der Waals surface area contributed by atoms with Crippen molar-refractivity contribution in [2.24, 2.45) is 0 Å². The molecule has 0 radical (unpaired) electrons. The highest BCUT2D eigenvalue weighted by Crippen LogP contribution is 2.25. The molecular formula is C20H22N2O6. The molecule has 1 fully saturated rings. The van der Waals surface area contributed by atoms with Gasteiger partial charge in [0.05, 0.1) is 4.92 Å². The molecule has 2 heterocycles. The van der Waals surface area contributed by atoms with Crippen LogP contribution >= 0.6 is 0 Å². The molecule has 3 rings (SSSR count). The number of esters is 1. The number of carbonyl (C=O) groups is 2. The molecule has 0 bridgehead atoms. The second-order valence-electron chi connectivity index (χ2n) is 6.97. The zero-order chi connectivity index (χ0) is 20.3. The minimum absolute atomic E-state index is 0.0270. The van der Waals surface area contributed by atoms with E-state index in [0.29, 0.717) is 11.3 Å². The number of rotatable bonds is 5. The number of likely N-dealkylation sites (tertiary alicyclic amines) is 1. The summed E-state index contributed by atoms with van der Waals surface area (Å²) in [4.78, 5) is 36.6. The lowest BCUT2D eigenvalue weighted by molar-refractivity contribution is -0.384. The van der Waals surface area contributed by atoms with Gasteiger partial charge in [0, 0.05) is 29.8 Å². The van der Waals surface area contributed by atoms with E-state index in [1.165, 1.54) is 30.3 Å². The first-order valence-electron chi connectivity index (χ1n) is 9.19. The van der Waals surface area contributed by atoms with Crippen molar-refractivity contribution >= 4 is 17.6 Å².